The average molecular weight is 1370 g/mol. The maximum atomic E-state index is 13.1. The fourth-order valence-corrected chi connectivity index (χ4v) is 12.0. The summed E-state index contributed by atoms with van der Waals surface area (Å²) in [4.78, 5) is 72.7. The number of allylic oxidation sites excluding steroid dienone is 8. The number of hydrogen-bond donors (Lipinski definition) is 3. The van der Waals surface area contributed by atoms with E-state index in [1.54, 1.807) is 0 Å². The minimum Gasteiger partial charge on any atom is -0.462 e. The molecule has 17 nitrogen and oxygen atoms in total. The second-order valence-electron chi connectivity index (χ2n) is 25.6. The zero-order chi connectivity index (χ0) is 69.0. The van der Waals surface area contributed by atoms with Crippen LogP contribution in [0.15, 0.2) is 48.6 Å². The zero-order valence-corrected chi connectivity index (χ0v) is 61.7. The molecule has 0 fully saturated rings. The number of carbonyl (C=O) groups excluding carboxylic acids is 4. The molecule has 0 spiro atoms. The highest BCUT2D eigenvalue weighted by molar-refractivity contribution is 7.47. The SMILES string of the molecule is CCCCCC/C=C\C=C/CCCCCCCC(=O)O[C@H](COC(=O)CCCCCCC/C=C\CCCCCC)COP(=O)(O)OC[C@H](O)COP(=O)(O)OC[C@@H](COC(=O)CCCCCCCCCCCCCCC)OC(=O)CCCCCCC/C=C\CCCCCC. The molecule has 0 aromatic rings. The summed E-state index contributed by atoms with van der Waals surface area (Å²) < 4.78 is 68.4. The van der Waals surface area contributed by atoms with Crippen molar-refractivity contribution in [3.8, 4) is 0 Å². The molecule has 2 unspecified atom stereocenters. The van der Waals surface area contributed by atoms with Crippen LogP contribution in [0.4, 0.5) is 0 Å². The molecule has 19 heteroatoms. The smallest absolute Gasteiger partial charge is 0.462 e. The fraction of sp³-hybridized carbons (Fsp3) is 0.840. The van der Waals surface area contributed by atoms with Crippen molar-refractivity contribution in [3.05, 3.63) is 48.6 Å². The number of ether oxygens (including phenoxy) is 4. The van der Waals surface area contributed by atoms with E-state index in [0.29, 0.717) is 25.7 Å². The minimum atomic E-state index is -4.97. The van der Waals surface area contributed by atoms with Crippen molar-refractivity contribution in [2.75, 3.05) is 39.6 Å². The van der Waals surface area contributed by atoms with E-state index in [2.05, 4.69) is 76.3 Å². The van der Waals surface area contributed by atoms with Gasteiger partial charge in [-0.2, -0.15) is 0 Å². The Bertz CT molecular complexity index is 1980. The molecule has 0 saturated carbocycles. The number of carbonyl (C=O) groups is 4. The van der Waals surface area contributed by atoms with Crippen LogP contribution in [0.25, 0.3) is 0 Å². The fourth-order valence-electron chi connectivity index (χ4n) is 10.4. The van der Waals surface area contributed by atoms with E-state index < -0.39 is 97.5 Å². The van der Waals surface area contributed by atoms with Crippen LogP contribution in [-0.2, 0) is 65.4 Å². The highest BCUT2D eigenvalue weighted by Crippen LogP contribution is 2.45. The Morgan fingerprint density at radius 2 is 0.521 bits per heavy atom. The molecule has 5 atom stereocenters. The molecule has 0 aliphatic carbocycles. The molecule has 0 aromatic heterocycles. The topological polar surface area (TPSA) is 237 Å². The van der Waals surface area contributed by atoms with Gasteiger partial charge in [0.05, 0.1) is 26.4 Å². The Hall–Kier alpha value is -2.98. The van der Waals surface area contributed by atoms with Crippen LogP contribution in [0.5, 0.6) is 0 Å². The van der Waals surface area contributed by atoms with Gasteiger partial charge in [-0.05, 0) is 103 Å². The summed E-state index contributed by atoms with van der Waals surface area (Å²) in [7, 11) is -9.93. The van der Waals surface area contributed by atoms with Crippen LogP contribution >= 0.6 is 15.6 Å². The van der Waals surface area contributed by atoms with Crippen molar-refractivity contribution < 1.29 is 80.2 Å². The first-order valence-electron chi connectivity index (χ1n) is 37.9. The Morgan fingerprint density at radius 1 is 0.298 bits per heavy atom. The van der Waals surface area contributed by atoms with Gasteiger partial charge in [0.15, 0.2) is 12.2 Å². The molecule has 0 bridgehead atoms. The zero-order valence-electron chi connectivity index (χ0n) is 59.9. The molecular weight excluding hydrogens is 1230 g/mol. The van der Waals surface area contributed by atoms with Crippen molar-refractivity contribution >= 4 is 39.5 Å². The number of esters is 4. The number of hydrogen-bond acceptors (Lipinski definition) is 15. The summed E-state index contributed by atoms with van der Waals surface area (Å²) in [5.41, 5.74) is 0. The summed E-state index contributed by atoms with van der Waals surface area (Å²) in [6, 6.07) is 0. The van der Waals surface area contributed by atoms with Crippen LogP contribution in [0.1, 0.15) is 349 Å². The number of unbranched alkanes of at least 4 members (excludes halogenated alkanes) is 39. The van der Waals surface area contributed by atoms with Crippen molar-refractivity contribution in [3.63, 3.8) is 0 Å². The molecule has 0 amide bonds. The molecule has 3 N–H and O–H groups in total. The predicted octanol–water partition coefficient (Wildman–Crippen LogP) is 21.3. The van der Waals surface area contributed by atoms with E-state index in [9.17, 15) is 43.2 Å². The van der Waals surface area contributed by atoms with E-state index in [4.69, 9.17) is 37.0 Å². The lowest BCUT2D eigenvalue weighted by Gasteiger charge is -2.21. The maximum Gasteiger partial charge on any atom is 0.472 e. The number of rotatable bonds is 72. The third-order valence-corrected chi connectivity index (χ3v) is 18.2. The Morgan fingerprint density at radius 3 is 0.809 bits per heavy atom. The van der Waals surface area contributed by atoms with Gasteiger partial charge >= 0.3 is 39.5 Å². The van der Waals surface area contributed by atoms with Gasteiger partial charge in [0.2, 0.25) is 0 Å². The number of aliphatic hydroxyl groups is 1. The Balaban J connectivity index is 5.33. The lowest BCUT2D eigenvalue weighted by molar-refractivity contribution is -0.161. The molecular formula is C75H138O17P2. The third kappa shape index (κ3) is 67.6. The highest BCUT2D eigenvalue weighted by atomic mass is 31.2. The molecule has 0 saturated heterocycles. The number of phosphoric ester groups is 2. The first-order chi connectivity index (χ1) is 45.7. The molecule has 0 aromatic carbocycles. The first kappa shape index (κ1) is 91.0. The van der Waals surface area contributed by atoms with Gasteiger partial charge in [-0.1, -0.05) is 269 Å². The quantitative estimate of drug-likeness (QED) is 0.0128. The largest absolute Gasteiger partial charge is 0.472 e. The summed E-state index contributed by atoms with van der Waals surface area (Å²) in [6.07, 6.45) is 63.8. The van der Waals surface area contributed by atoms with E-state index in [-0.39, 0.29) is 25.7 Å². The van der Waals surface area contributed by atoms with E-state index in [0.717, 1.165) is 135 Å². The monoisotopic (exact) mass is 1370 g/mol. The lowest BCUT2D eigenvalue weighted by Crippen LogP contribution is -2.30. The predicted molar refractivity (Wildman–Crippen MR) is 381 cm³/mol. The van der Waals surface area contributed by atoms with Crippen molar-refractivity contribution in [1.82, 2.24) is 0 Å². The van der Waals surface area contributed by atoms with Crippen LogP contribution in [-0.4, -0.2) is 96.7 Å². The maximum absolute atomic E-state index is 13.1. The van der Waals surface area contributed by atoms with Crippen LogP contribution in [0.2, 0.25) is 0 Å². The van der Waals surface area contributed by atoms with Gasteiger partial charge < -0.3 is 33.8 Å². The molecule has 0 rings (SSSR count). The molecule has 0 heterocycles. The summed E-state index contributed by atoms with van der Waals surface area (Å²) in [5, 5.41) is 10.6. The lowest BCUT2D eigenvalue weighted by atomic mass is 10.0. The second-order valence-corrected chi connectivity index (χ2v) is 28.5. The standard InChI is InChI=1S/C75H138O17P2/c1-5-9-13-17-21-25-29-33-34-38-42-46-50-54-58-62-75(80)92-71(66-86-73(78)60-56-52-48-44-40-36-31-27-23-19-15-11-7-3)68-90-94(83,84)88-64-69(76)63-87-93(81,82)89-67-70(91-74(79)61-57-53-49-45-41-37-32-28-24-20-16-12-8-4)65-85-72(77)59-55-51-47-43-39-35-30-26-22-18-14-10-6-2/h25,27-29,31-34,69-71,76H,5-24,26,30,35-68H2,1-4H3,(H,81,82)(H,83,84)/b29-25-,31-27-,32-28-,34-33-/t69-,70-,71-/m1/s1. The van der Waals surface area contributed by atoms with Gasteiger partial charge in [-0.25, -0.2) is 9.13 Å². The van der Waals surface area contributed by atoms with Gasteiger partial charge in [0.1, 0.15) is 19.3 Å². The third-order valence-electron chi connectivity index (χ3n) is 16.3. The normalized spacial score (nSPS) is 14.2. The van der Waals surface area contributed by atoms with Crippen molar-refractivity contribution in [2.24, 2.45) is 0 Å². The number of aliphatic hydroxyl groups excluding tert-OH is 1. The summed E-state index contributed by atoms with van der Waals surface area (Å²) >= 11 is 0. The van der Waals surface area contributed by atoms with E-state index >= 15 is 0 Å². The Kier molecular flexibility index (Phi) is 66.4. The van der Waals surface area contributed by atoms with Crippen LogP contribution in [0.3, 0.4) is 0 Å². The van der Waals surface area contributed by atoms with Gasteiger partial charge in [-0.3, -0.25) is 37.3 Å². The van der Waals surface area contributed by atoms with Crippen molar-refractivity contribution in [2.45, 2.75) is 367 Å². The molecule has 0 radical (unpaired) electrons. The van der Waals surface area contributed by atoms with E-state index in [1.807, 2.05) is 0 Å². The highest BCUT2D eigenvalue weighted by Gasteiger charge is 2.30. The van der Waals surface area contributed by atoms with Crippen LogP contribution < -0.4 is 0 Å². The van der Waals surface area contributed by atoms with Crippen LogP contribution in [0, 0.1) is 0 Å². The Labute approximate surface area is 572 Å². The number of phosphoric acid groups is 2. The average Bonchev–Trinajstić information content (AvgIpc) is 2.26. The van der Waals surface area contributed by atoms with E-state index in [1.165, 1.54) is 135 Å². The van der Waals surface area contributed by atoms with Gasteiger partial charge in [0.25, 0.3) is 0 Å². The first-order valence-corrected chi connectivity index (χ1v) is 40.9. The molecule has 0 aliphatic rings. The molecule has 94 heavy (non-hydrogen) atoms. The summed E-state index contributed by atoms with van der Waals surface area (Å²) in [5.74, 6) is -2.18. The minimum absolute atomic E-state index is 0.0803. The molecule has 0 aliphatic heterocycles. The van der Waals surface area contributed by atoms with Crippen molar-refractivity contribution in [1.29, 1.82) is 0 Å². The van der Waals surface area contributed by atoms with Gasteiger partial charge in [-0.15, -0.1) is 0 Å². The van der Waals surface area contributed by atoms with Gasteiger partial charge in [0, 0.05) is 25.7 Å². The summed E-state index contributed by atoms with van der Waals surface area (Å²) in [6.45, 7) is 4.84. The molecule has 550 valence electrons. The second kappa shape index (κ2) is 68.5.